The van der Waals surface area contributed by atoms with Crippen LogP contribution < -0.4 is 15.8 Å². The third-order valence-electron chi connectivity index (χ3n) is 5.96. The SMILES string of the molecule is C1CN(CC2CC2)CCN1.CC1CCCCC1.COc1cc(C(C)=O)ccc1N. The van der Waals surface area contributed by atoms with E-state index in [1.807, 2.05) is 0 Å². The molecular weight excluding hydrogens is 362 g/mol. The summed E-state index contributed by atoms with van der Waals surface area (Å²) in [6.07, 6.45) is 10.4. The van der Waals surface area contributed by atoms with Crippen LogP contribution in [0, 0.1) is 11.8 Å². The zero-order chi connectivity index (χ0) is 21.1. The summed E-state index contributed by atoms with van der Waals surface area (Å²) < 4.78 is 4.96. The first-order valence-corrected chi connectivity index (χ1v) is 11.4. The average molecular weight is 404 g/mol. The maximum Gasteiger partial charge on any atom is 0.159 e. The summed E-state index contributed by atoms with van der Waals surface area (Å²) in [6, 6.07) is 4.98. The van der Waals surface area contributed by atoms with Gasteiger partial charge in [-0.3, -0.25) is 4.79 Å². The van der Waals surface area contributed by atoms with E-state index in [1.54, 1.807) is 18.2 Å². The smallest absolute Gasteiger partial charge is 0.159 e. The third kappa shape index (κ3) is 9.64. The standard InChI is InChI=1S/C9H11NO2.C8H16N2.C7H14/c1-6(11)7-3-4-8(10)9(5-7)12-2;1-2-8(1)7-10-5-3-9-4-6-10;1-7-5-3-2-4-6-7/h3-5H,10H2,1-2H3;8-9H,1-7H2;7H,2-6H2,1H3. The molecule has 29 heavy (non-hydrogen) atoms. The lowest BCUT2D eigenvalue weighted by atomic mass is 9.91. The number of nitrogens with one attached hydrogen (secondary N) is 1. The second-order valence-corrected chi connectivity index (χ2v) is 8.75. The zero-order valence-corrected chi connectivity index (χ0v) is 18.7. The number of nitrogens with two attached hydrogens (primary N) is 1. The number of methoxy groups -OCH3 is 1. The summed E-state index contributed by atoms with van der Waals surface area (Å²) in [5.41, 5.74) is 6.72. The Hall–Kier alpha value is -1.59. The predicted molar refractivity (Wildman–Crippen MR) is 122 cm³/mol. The molecule has 3 fully saturated rings. The maximum absolute atomic E-state index is 10.9. The van der Waals surface area contributed by atoms with Crippen LogP contribution >= 0.6 is 0 Å². The topological polar surface area (TPSA) is 67.6 Å². The van der Waals surface area contributed by atoms with Gasteiger partial charge in [0.05, 0.1) is 12.8 Å². The Kier molecular flexibility index (Phi) is 10.5. The van der Waals surface area contributed by atoms with E-state index in [9.17, 15) is 4.79 Å². The Bertz CT molecular complexity index is 604. The number of rotatable bonds is 4. The number of nitrogen functional groups attached to an aromatic ring is 1. The normalized spacial score (nSPS) is 20.0. The highest BCUT2D eigenvalue weighted by Crippen LogP contribution is 2.29. The zero-order valence-electron chi connectivity index (χ0n) is 18.7. The van der Waals surface area contributed by atoms with Gasteiger partial charge in [-0.15, -0.1) is 0 Å². The Labute approximate surface area is 177 Å². The van der Waals surface area contributed by atoms with Crippen molar-refractivity contribution in [2.24, 2.45) is 11.8 Å². The van der Waals surface area contributed by atoms with Gasteiger partial charge in [0.25, 0.3) is 0 Å². The van der Waals surface area contributed by atoms with Crippen molar-refractivity contribution in [2.45, 2.75) is 58.8 Å². The van der Waals surface area contributed by atoms with Crippen LogP contribution in [0.5, 0.6) is 5.75 Å². The van der Waals surface area contributed by atoms with E-state index < -0.39 is 0 Å². The molecular formula is C24H41N3O2. The van der Waals surface area contributed by atoms with Crippen molar-refractivity contribution in [3.63, 3.8) is 0 Å². The molecule has 0 unspecified atom stereocenters. The van der Waals surface area contributed by atoms with Crippen molar-refractivity contribution in [1.82, 2.24) is 10.2 Å². The van der Waals surface area contributed by atoms with Gasteiger partial charge < -0.3 is 20.7 Å². The van der Waals surface area contributed by atoms with Crippen molar-refractivity contribution in [3.05, 3.63) is 23.8 Å². The van der Waals surface area contributed by atoms with Crippen LogP contribution in [0.3, 0.4) is 0 Å². The Morgan fingerprint density at radius 3 is 2.28 bits per heavy atom. The summed E-state index contributed by atoms with van der Waals surface area (Å²) in [5, 5.41) is 3.37. The molecule has 0 amide bonds. The molecule has 5 nitrogen and oxygen atoms in total. The molecule has 0 bridgehead atoms. The van der Waals surface area contributed by atoms with Gasteiger partial charge in [0.1, 0.15) is 5.75 Å². The fraction of sp³-hybridized carbons (Fsp3) is 0.708. The Balaban J connectivity index is 0.000000160. The average Bonchev–Trinajstić information content (AvgIpc) is 3.54. The van der Waals surface area contributed by atoms with Crippen molar-refractivity contribution in [2.75, 3.05) is 45.6 Å². The van der Waals surface area contributed by atoms with Gasteiger partial charge >= 0.3 is 0 Å². The number of hydrogen-bond acceptors (Lipinski definition) is 5. The van der Waals surface area contributed by atoms with Gasteiger partial charge in [-0.1, -0.05) is 39.0 Å². The van der Waals surface area contributed by atoms with Gasteiger partial charge in [0, 0.05) is 38.3 Å². The minimum atomic E-state index is 0.00769. The number of carbonyl (C=O) groups is 1. The number of benzene rings is 1. The van der Waals surface area contributed by atoms with Crippen molar-refractivity contribution in [3.8, 4) is 5.75 Å². The number of ketones is 1. The van der Waals surface area contributed by atoms with Crippen molar-refractivity contribution in [1.29, 1.82) is 0 Å². The minimum Gasteiger partial charge on any atom is -0.495 e. The van der Waals surface area contributed by atoms with E-state index in [4.69, 9.17) is 10.5 Å². The largest absolute Gasteiger partial charge is 0.495 e. The number of piperazine rings is 1. The van der Waals surface area contributed by atoms with Crippen LogP contribution in [0.4, 0.5) is 5.69 Å². The lowest BCUT2D eigenvalue weighted by Gasteiger charge is -2.26. The molecule has 0 atom stereocenters. The molecule has 1 heterocycles. The number of nitrogens with zero attached hydrogens (tertiary/aromatic N) is 1. The highest BCUT2D eigenvalue weighted by atomic mass is 16.5. The molecule has 2 saturated carbocycles. The quantitative estimate of drug-likeness (QED) is 0.577. The van der Waals surface area contributed by atoms with Gasteiger partial charge in [0.15, 0.2) is 5.78 Å². The summed E-state index contributed by atoms with van der Waals surface area (Å²) >= 11 is 0. The molecule has 2 aliphatic carbocycles. The summed E-state index contributed by atoms with van der Waals surface area (Å²) in [7, 11) is 1.52. The van der Waals surface area contributed by atoms with Crippen LogP contribution in [0.25, 0.3) is 0 Å². The van der Waals surface area contributed by atoms with Crippen LogP contribution in [0.15, 0.2) is 18.2 Å². The molecule has 1 aromatic carbocycles. The highest BCUT2D eigenvalue weighted by Gasteiger charge is 2.24. The van der Waals surface area contributed by atoms with Crippen LogP contribution in [-0.2, 0) is 0 Å². The fourth-order valence-corrected chi connectivity index (χ4v) is 3.80. The molecule has 5 heteroatoms. The van der Waals surface area contributed by atoms with Gasteiger partial charge in [-0.05, 0) is 49.8 Å². The number of hydrogen-bond donors (Lipinski definition) is 2. The van der Waals surface area contributed by atoms with Crippen LogP contribution in [0.1, 0.15) is 69.2 Å². The maximum atomic E-state index is 10.9. The van der Waals surface area contributed by atoms with Gasteiger partial charge in [-0.25, -0.2) is 0 Å². The van der Waals surface area contributed by atoms with Crippen molar-refractivity contribution >= 4 is 11.5 Å². The van der Waals surface area contributed by atoms with E-state index in [1.165, 1.54) is 91.7 Å². The van der Waals surface area contributed by atoms with Crippen molar-refractivity contribution < 1.29 is 9.53 Å². The summed E-state index contributed by atoms with van der Waals surface area (Å²) in [6.45, 7) is 10.2. The molecule has 3 N–H and O–H groups in total. The summed E-state index contributed by atoms with van der Waals surface area (Å²) in [5.74, 6) is 2.66. The second-order valence-electron chi connectivity index (χ2n) is 8.75. The number of carbonyl (C=O) groups excluding carboxylic acids is 1. The lowest BCUT2D eigenvalue weighted by molar-refractivity contribution is 0.101. The summed E-state index contributed by atoms with van der Waals surface area (Å²) in [4.78, 5) is 13.5. The first kappa shape index (κ1) is 23.7. The molecule has 0 radical (unpaired) electrons. The molecule has 3 aliphatic rings. The van der Waals surface area contributed by atoms with E-state index in [-0.39, 0.29) is 5.78 Å². The van der Waals surface area contributed by atoms with E-state index in [0.29, 0.717) is 17.0 Å². The molecule has 1 aromatic rings. The number of Topliss-reactive ketones (excluding diaryl/α,β-unsaturated/α-hetero) is 1. The van der Waals surface area contributed by atoms with E-state index >= 15 is 0 Å². The number of anilines is 1. The first-order valence-electron chi connectivity index (χ1n) is 11.4. The Morgan fingerprint density at radius 1 is 1.14 bits per heavy atom. The number of ether oxygens (including phenoxy) is 1. The monoisotopic (exact) mass is 403 g/mol. The van der Waals surface area contributed by atoms with Crippen LogP contribution in [0.2, 0.25) is 0 Å². The van der Waals surface area contributed by atoms with E-state index in [0.717, 1.165) is 11.8 Å². The van der Waals surface area contributed by atoms with E-state index in [2.05, 4.69) is 17.1 Å². The first-order chi connectivity index (χ1) is 14.0. The lowest BCUT2D eigenvalue weighted by Crippen LogP contribution is -2.44. The Morgan fingerprint density at radius 2 is 1.79 bits per heavy atom. The van der Waals surface area contributed by atoms with Crippen LogP contribution in [-0.4, -0.2) is 50.5 Å². The molecule has 164 valence electrons. The fourth-order valence-electron chi connectivity index (χ4n) is 3.80. The molecule has 1 saturated heterocycles. The molecule has 1 aliphatic heterocycles. The van der Waals surface area contributed by atoms with Gasteiger partial charge in [-0.2, -0.15) is 0 Å². The predicted octanol–water partition coefficient (Wildman–Crippen LogP) is 4.37. The van der Waals surface area contributed by atoms with Gasteiger partial charge in [0.2, 0.25) is 0 Å². The molecule has 4 rings (SSSR count). The molecule has 0 spiro atoms. The highest BCUT2D eigenvalue weighted by molar-refractivity contribution is 5.95. The second kappa shape index (κ2) is 12.9. The molecule has 0 aromatic heterocycles. The third-order valence-corrected chi connectivity index (χ3v) is 5.96. The minimum absolute atomic E-state index is 0.00769.